The molecule has 1 aromatic heterocycles. The number of nitrogens with one attached hydrogen (secondary N) is 1. The lowest BCUT2D eigenvalue weighted by Crippen LogP contribution is -2.35. The van der Waals surface area contributed by atoms with Gasteiger partial charge in [-0.15, -0.1) is 0 Å². The summed E-state index contributed by atoms with van der Waals surface area (Å²) in [6.45, 7) is 1.20. The van der Waals surface area contributed by atoms with Crippen LogP contribution in [0.1, 0.15) is 32.1 Å². The minimum Gasteiger partial charge on any atom is -0.339 e. The van der Waals surface area contributed by atoms with Crippen LogP contribution in [0.2, 0.25) is 0 Å². The molecule has 1 N–H and O–H groups in total. The molecule has 0 unspecified atom stereocenters. The lowest BCUT2D eigenvalue weighted by Gasteiger charge is -2.31. The van der Waals surface area contributed by atoms with Gasteiger partial charge >= 0.3 is 0 Å². The summed E-state index contributed by atoms with van der Waals surface area (Å²) in [4.78, 5) is 10.1. The van der Waals surface area contributed by atoms with Crippen LogP contribution >= 0.6 is 0 Å². The smallest absolute Gasteiger partial charge is 0.202 e. The maximum absolute atomic E-state index is 4.36. The van der Waals surface area contributed by atoms with Gasteiger partial charge in [-0.1, -0.05) is 12.8 Å². The van der Waals surface area contributed by atoms with E-state index in [1.54, 1.807) is 0 Å². The lowest BCUT2D eigenvalue weighted by atomic mass is 9.85. The molecule has 2 aliphatic rings. The highest BCUT2D eigenvalue weighted by Gasteiger charge is 2.36. The molecular weight excluding hydrogens is 174 g/mol. The van der Waals surface area contributed by atoms with Gasteiger partial charge in [-0.3, -0.25) is 0 Å². The Bertz CT molecular complexity index is 293. The van der Waals surface area contributed by atoms with Gasteiger partial charge in [0, 0.05) is 25.0 Å². The summed E-state index contributed by atoms with van der Waals surface area (Å²) in [7, 11) is 0. The van der Waals surface area contributed by atoms with Crippen molar-refractivity contribution in [3.8, 4) is 0 Å². The maximum atomic E-state index is 4.36. The molecule has 76 valence electrons. The molecule has 1 aromatic rings. The molecule has 1 saturated carbocycles. The van der Waals surface area contributed by atoms with E-state index in [1.165, 1.54) is 38.6 Å². The SMILES string of the molecule is c1c[nH]c(N2CC[C@H]3CCCC[C@H]32)n1. The molecule has 3 nitrogen and oxygen atoms in total. The van der Waals surface area contributed by atoms with Gasteiger partial charge in [-0.2, -0.15) is 0 Å². The van der Waals surface area contributed by atoms with Crippen LogP contribution in [0.15, 0.2) is 12.4 Å². The molecule has 2 fully saturated rings. The van der Waals surface area contributed by atoms with Crippen LogP contribution in [0.25, 0.3) is 0 Å². The Balaban J connectivity index is 1.82. The van der Waals surface area contributed by atoms with Gasteiger partial charge in [-0.25, -0.2) is 4.98 Å². The fraction of sp³-hybridized carbons (Fsp3) is 0.727. The highest BCUT2D eigenvalue weighted by molar-refractivity contribution is 5.33. The Morgan fingerprint density at radius 1 is 1.29 bits per heavy atom. The van der Waals surface area contributed by atoms with E-state index in [2.05, 4.69) is 14.9 Å². The summed E-state index contributed by atoms with van der Waals surface area (Å²) < 4.78 is 0. The Morgan fingerprint density at radius 3 is 3.07 bits per heavy atom. The number of rotatable bonds is 1. The average Bonchev–Trinajstić information content (AvgIpc) is 2.85. The highest BCUT2D eigenvalue weighted by Crippen LogP contribution is 2.37. The first-order chi connectivity index (χ1) is 6.95. The molecule has 2 atom stereocenters. The van der Waals surface area contributed by atoms with Crippen LogP contribution < -0.4 is 4.90 Å². The fourth-order valence-corrected chi connectivity index (χ4v) is 3.08. The third kappa shape index (κ3) is 1.22. The summed E-state index contributed by atoms with van der Waals surface area (Å²) in [6.07, 6.45) is 10.8. The number of aromatic amines is 1. The number of hydrogen-bond donors (Lipinski definition) is 1. The molecule has 14 heavy (non-hydrogen) atoms. The first-order valence-corrected chi connectivity index (χ1v) is 5.71. The van der Waals surface area contributed by atoms with Crippen molar-refractivity contribution in [2.45, 2.75) is 38.1 Å². The second-order valence-corrected chi connectivity index (χ2v) is 4.51. The van der Waals surface area contributed by atoms with Crippen LogP contribution in [-0.4, -0.2) is 22.6 Å². The van der Waals surface area contributed by atoms with E-state index in [1.807, 2.05) is 12.4 Å². The molecule has 0 aromatic carbocycles. The molecule has 0 spiro atoms. The summed E-state index contributed by atoms with van der Waals surface area (Å²) in [5.74, 6) is 2.02. The van der Waals surface area contributed by atoms with Crippen LogP contribution in [0.4, 0.5) is 5.95 Å². The summed E-state index contributed by atoms with van der Waals surface area (Å²) in [5, 5.41) is 0. The van der Waals surface area contributed by atoms with Gasteiger partial charge < -0.3 is 9.88 Å². The Hall–Kier alpha value is -0.990. The number of anilines is 1. The molecular formula is C11H17N3. The summed E-state index contributed by atoms with van der Waals surface area (Å²) in [6, 6.07) is 0.773. The van der Waals surface area contributed by atoms with E-state index in [0.29, 0.717) is 0 Å². The van der Waals surface area contributed by atoms with Crippen LogP contribution in [0.5, 0.6) is 0 Å². The van der Waals surface area contributed by atoms with Crippen molar-refractivity contribution in [1.82, 2.24) is 9.97 Å². The van der Waals surface area contributed by atoms with E-state index >= 15 is 0 Å². The van der Waals surface area contributed by atoms with Gasteiger partial charge in [-0.05, 0) is 25.2 Å². The van der Waals surface area contributed by atoms with Crippen molar-refractivity contribution in [2.24, 2.45) is 5.92 Å². The minimum absolute atomic E-state index is 0.773. The lowest BCUT2D eigenvalue weighted by molar-refractivity contribution is 0.341. The third-order valence-electron chi connectivity index (χ3n) is 3.77. The largest absolute Gasteiger partial charge is 0.339 e. The van der Waals surface area contributed by atoms with Crippen molar-refractivity contribution in [3.05, 3.63) is 12.4 Å². The summed E-state index contributed by atoms with van der Waals surface area (Å²) >= 11 is 0. The first-order valence-electron chi connectivity index (χ1n) is 5.71. The van der Waals surface area contributed by atoms with Crippen molar-refractivity contribution in [1.29, 1.82) is 0 Å². The van der Waals surface area contributed by atoms with Crippen LogP contribution in [-0.2, 0) is 0 Å². The second kappa shape index (κ2) is 3.30. The fourth-order valence-electron chi connectivity index (χ4n) is 3.08. The Kier molecular flexibility index (Phi) is 1.96. The van der Waals surface area contributed by atoms with Gasteiger partial charge in [0.1, 0.15) is 0 Å². The minimum atomic E-state index is 0.773. The van der Waals surface area contributed by atoms with E-state index in [-0.39, 0.29) is 0 Å². The first kappa shape index (κ1) is 8.33. The van der Waals surface area contributed by atoms with Gasteiger partial charge in [0.15, 0.2) is 0 Å². The molecule has 1 aliphatic carbocycles. The predicted octanol–water partition coefficient (Wildman–Crippen LogP) is 2.18. The third-order valence-corrected chi connectivity index (χ3v) is 3.77. The highest BCUT2D eigenvalue weighted by atomic mass is 15.3. The molecule has 0 bridgehead atoms. The topological polar surface area (TPSA) is 31.9 Å². The maximum Gasteiger partial charge on any atom is 0.202 e. The van der Waals surface area contributed by atoms with Crippen molar-refractivity contribution >= 4 is 5.95 Å². The normalized spacial score (nSPS) is 31.9. The second-order valence-electron chi connectivity index (χ2n) is 4.51. The quantitative estimate of drug-likeness (QED) is 0.737. The molecule has 2 heterocycles. The number of aromatic nitrogens is 2. The number of imidazole rings is 1. The average molecular weight is 191 g/mol. The molecule has 3 rings (SSSR count). The van der Waals surface area contributed by atoms with Gasteiger partial charge in [0.05, 0.1) is 0 Å². The van der Waals surface area contributed by atoms with E-state index in [9.17, 15) is 0 Å². The zero-order chi connectivity index (χ0) is 9.38. The molecule has 1 aliphatic heterocycles. The van der Waals surface area contributed by atoms with Crippen LogP contribution in [0, 0.1) is 5.92 Å². The van der Waals surface area contributed by atoms with E-state index < -0.39 is 0 Å². The van der Waals surface area contributed by atoms with Crippen molar-refractivity contribution < 1.29 is 0 Å². The number of fused-ring (bicyclic) bond motifs is 1. The zero-order valence-corrected chi connectivity index (χ0v) is 8.45. The standard InChI is InChI=1S/C11H17N3/c1-2-4-10-9(3-1)5-8-14(10)11-12-6-7-13-11/h6-7,9-10H,1-5,8H2,(H,12,13)/t9-,10-/m1/s1. The molecule has 0 radical (unpaired) electrons. The van der Waals surface area contributed by atoms with Gasteiger partial charge in [0.2, 0.25) is 5.95 Å². The van der Waals surface area contributed by atoms with E-state index in [4.69, 9.17) is 0 Å². The monoisotopic (exact) mass is 191 g/mol. The summed E-state index contributed by atoms with van der Waals surface area (Å²) in [5.41, 5.74) is 0. The number of H-pyrrole nitrogens is 1. The van der Waals surface area contributed by atoms with E-state index in [0.717, 1.165) is 17.9 Å². The van der Waals surface area contributed by atoms with Crippen LogP contribution in [0.3, 0.4) is 0 Å². The van der Waals surface area contributed by atoms with Gasteiger partial charge in [0.25, 0.3) is 0 Å². The Labute approximate surface area is 84.5 Å². The molecule has 0 amide bonds. The molecule has 1 saturated heterocycles. The van der Waals surface area contributed by atoms with Crippen molar-refractivity contribution in [3.63, 3.8) is 0 Å². The van der Waals surface area contributed by atoms with Crippen molar-refractivity contribution in [2.75, 3.05) is 11.4 Å². The number of hydrogen-bond acceptors (Lipinski definition) is 2. The predicted molar refractivity (Wildman–Crippen MR) is 56.3 cm³/mol. The number of nitrogens with zero attached hydrogens (tertiary/aromatic N) is 2. The Morgan fingerprint density at radius 2 is 2.21 bits per heavy atom. The zero-order valence-electron chi connectivity index (χ0n) is 8.45. The molecule has 3 heteroatoms.